The number of carbonyl (C=O) groups is 1. The Morgan fingerprint density at radius 1 is 1.26 bits per heavy atom. The fourth-order valence-corrected chi connectivity index (χ4v) is 2.81. The highest BCUT2D eigenvalue weighted by Gasteiger charge is 2.08. The van der Waals surface area contributed by atoms with Crippen LogP contribution in [0.5, 0.6) is 0 Å². The molecule has 0 fully saturated rings. The minimum Gasteiger partial charge on any atom is -0.398 e. The summed E-state index contributed by atoms with van der Waals surface area (Å²) in [7, 11) is 3.89. The van der Waals surface area contributed by atoms with Crippen molar-refractivity contribution in [3.8, 4) is 11.1 Å². The molecular weight excluding hydrogens is 338 g/mol. The van der Waals surface area contributed by atoms with E-state index < -0.39 is 0 Å². The average molecular weight is 361 g/mol. The molecule has 3 N–H and O–H groups in total. The van der Waals surface area contributed by atoms with Crippen LogP contribution in [-0.4, -0.2) is 41.4 Å². The molecule has 27 heavy (non-hydrogen) atoms. The van der Waals surface area contributed by atoms with Crippen LogP contribution < -0.4 is 11.1 Å². The molecule has 2 aromatic heterocycles. The number of aromatic nitrogens is 2. The zero-order valence-electron chi connectivity index (χ0n) is 15.7. The molecular formula is C21H23N5O. The van der Waals surface area contributed by atoms with Gasteiger partial charge in [-0.15, -0.1) is 0 Å². The molecule has 0 unspecified atom stereocenters. The Morgan fingerprint density at radius 2 is 2.07 bits per heavy atom. The standard InChI is InChI=1S/C21H23N5O/c1-14-6-7-23-12-17(14)15-9-16-11-20(24-13-18(16)19(22)10-15)25-21(27)5-4-8-26(2)3/h4-7,9-13H,8,22H2,1-3H3,(H,24,25,27)/b5-4+. The first kappa shape index (κ1) is 18.5. The van der Waals surface area contributed by atoms with Gasteiger partial charge < -0.3 is 16.0 Å². The monoisotopic (exact) mass is 361 g/mol. The summed E-state index contributed by atoms with van der Waals surface area (Å²) in [6.07, 6.45) is 8.59. The number of amides is 1. The van der Waals surface area contributed by atoms with E-state index in [1.807, 2.05) is 56.4 Å². The van der Waals surface area contributed by atoms with Gasteiger partial charge in [-0.25, -0.2) is 4.98 Å². The number of hydrogen-bond donors (Lipinski definition) is 2. The lowest BCUT2D eigenvalue weighted by molar-refractivity contribution is -0.111. The van der Waals surface area contributed by atoms with Gasteiger partial charge in [-0.2, -0.15) is 0 Å². The van der Waals surface area contributed by atoms with Crippen LogP contribution >= 0.6 is 0 Å². The molecule has 0 aliphatic heterocycles. The van der Waals surface area contributed by atoms with E-state index in [4.69, 9.17) is 5.73 Å². The number of hydrogen-bond acceptors (Lipinski definition) is 5. The van der Waals surface area contributed by atoms with Crippen molar-refractivity contribution in [1.82, 2.24) is 14.9 Å². The normalized spacial score (nSPS) is 11.4. The molecule has 0 radical (unpaired) electrons. The molecule has 6 nitrogen and oxygen atoms in total. The van der Waals surface area contributed by atoms with Gasteiger partial charge in [0.25, 0.3) is 0 Å². The van der Waals surface area contributed by atoms with Crippen LogP contribution in [0.2, 0.25) is 0 Å². The quantitative estimate of drug-likeness (QED) is 0.538. The lowest BCUT2D eigenvalue weighted by atomic mass is 9.99. The van der Waals surface area contributed by atoms with E-state index in [0.717, 1.165) is 27.5 Å². The zero-order chi connectivity index (χ0) is 19.4. The maximum absolute atomic E-state index is 12.0. The Labute approximate surface area is 158 Å². The van der Waals surface area contributed by atoms with E-state index in [1.54, 1.807) is 18.5 Å². The molecule has 0 aliphatic rings. The van der Waals surface area contributed by atoms with Gasteiger partial charge in [0, 0.05) is 47.8 Å². The Hall–Kier alpha value is -3.25. The van der Waals surface area contributed by atoms with Crippen LogP contribution in [0.3, 0.4) is 0 Å². The van der Waals surface area contributed by atoms with Crippen molar-refractivity contribution in [3.05, 3.63) is 60.6 Å². The van der Waals surface area contributed by atoms with Gasteiger partial charge in [0.15, 0.2) is 0 Å². The maximum atomic E-state index is 12.0. The summed E-state index contributed by atoms with van der Waals surface area (Å²) < 4.78 is 0. The number of carbonyl (C=O) groups excluding carboxylic acids is 1. The van der Waals surface area contributed by atoms with Gasteiger partial charge in [0.05, 0.1) is 0 Å². The topological polar surface area (TPSA) is 84.1 Å². The lowest BCUT2D eigenvalue weighted by Gasteiger charge is -2.10. The van der Waals surface area contributed by atoms with Gasteiger partial charge in [0.2, 0.25) is 5.91 Å². The van der Waals surface area contributed by atoms with Crippen LogP contribution in [0.25, 0.3) is 21.9 Å². The van der Waals surface area contributed by atoms with E-state index in [1.165, 1.54) is 6.08 Å². The van der Waals surface area contributed by atoms with Gasteiger partial charge in [-0.3, -0.25) is 9.78 Å². The Bertz CT molecular complexity index is 1010. The minimum absolute atomic E-state index is 0.212. The van der Waals surface area contributed by atoms with Crippen molar-refractivity contribution >= 4 is 28.2 Å². The highest BCUT2D eigenvalue weighted by Crippen LogP contribution is 2.31. The first-order chi connectivity index (χ1) is 12.9. The van der Waals surface area contributed by atoms with E-state index in [-0.39, 0.29) is 5.91 Å². The largest absolute Gasteiger partial charge is 0.398 e. The Balaban J connectivity index is 1.91. The second-order valence-corrected chi connectivity index (χ2v) is 6.70. The molecule has 3 aromatic rings. The first-order valence-corrected chi connectivity index (χ1v) is 8.66. The van der Waals surface area contributed by atoms with E-state index in [2.05, 4.69) is 15.3 Å². The van der Waals surface area contributed by atoms with Crippen molar-refractivity contribution in [3.63, 3.8) is 0 Å². The van der Waals surface area contributed by atoms with Crippen LogP contribution in [0.1, 0.15) is 5.56 Å². The number of rotatable bonds is 5. The van der Waals surface area contributed by atoms with Gasteiger partial charge in [-0.1, -0.05) is 6.08 Å². The number of fused-ring (bicyclic) bond motifs is 1. The van der Waals surface area contributed by atoms with Crippen molar-refractivity contribution in [2.75, 3.05) is 31.7 Å². The molecule has 0 saturated heterocycles. The molecule has 3 rings (SSSR count). The molecule has 0 saturated carbocycles. The Kier molecular flexibility index (Phi) is 5.47. The highest BCUT2D eigenvalue weighted by atomic mass is 16.1. The number of aryl methyl sites for hydroxylation is 1. The van der Waals surface area contributed by atoms with Crippen molar-refractivity contribution < 1.29 is 4.79 Å². The second-order valence-electron chi connectivity index (χ2n) is 6.70. The molecule has 1 amide bonds. The maximum Gasteiger partial charge on any atom is 0.249 e. The van der Waals surface area contributed by atoms with Gasteiger partial charge in [0.1, 0.15) is 5.82 Å². The molecule has 138 valence electrons. The fourth-order valence-electron chi connectivity index (χ4n) is 2.81. The number of nitrogens with zero attached hydrogens (tertiary/aromatic N) is 3. The van der Waals surface area contributed by atoms with Crippen molar-refractivity contribution in [2.45, 2.75) is 6.92 Å². The highest BCUT2D eigenvalue weighted by molar-refractivity contribution is 6.02. The summed E-state index contributed by atoms with van der Waals surface area (Å²) >= 11 is 0. The average Bonchev–Trinajstić information content (AvgIpc) is 2.61. The first-order valence-electron chi connectivity index (χ1n) is 8.66. The number of nitrogen functional groups attached to an aromatic ring is 1. The summed E-state index contributed by atoms with van der Waals surface area (Å²) in [4.78, 5) is 22.5. The number of nitrogens with one attached hydrogen (secondary N) is 1. The third-order valence-electron chi connectivity index (χ3n) is 4.21. The summed E-state index contributed by atoms with van der Waals surface area (Å²) in [5, 5.41) is 4.55. The van der Waals surface area contributed by atoms with Crippen LogP contribution in [0.15, 0.2) is 55.0 Å². The molecule has 1 aromatic carbocycles. The number of benzene rings is 1. The molecule has 6 heteroatoms. The molecule has 2 heterocycles. The molecule has 0 atom stereocenters. The van der Waals surface area contributed by atoms with Crippen molar-refractivity contribution in [1.29, 1.82) is 0 Å². The van der Waals surface area contributed by atoms with Crippen LogP contribution in [-0.2, 0) is 4.79 Å². The third-order valence-corrected chi connectivity index (χ3v) is 4.21. The van der Waals surface area contributed by atoms with Gasteiger partial charge >= 0.3 is 0 Å². The van der Waals surface area contributed by atoms with E-state index in [9.17, 15) is 4.79 Å². The number of nitrogens with two attached hydrogens (primary N) is 1. The zero-order valence-corrected chi connectivity index (χ0v) is 15.7. The predicted molar refractivity (Wildman–Crippen MR) is 110 cm³/mol. The third kappa shape index (κ3) is 4.48. The number of likely N-dealkylation sites (N-methyl/N-ethyl adjacent to an activating group) is 1. The smallest absolute Gasteiger partial charge is 0.249 e. The summed E-state index contributed by atoms with van der Waals surface area (Å²) in [6.45, 7) is 2.73. The second kappa shape index (κ2) is 7.97. The molecule has 0 aliphatic carbocycles. The minimum atomic E-state index is -0.212. The molecule has 0 spiro atoms. The summed E-state index contributed by atoms with van der Waals surface area (Å²) in [6, 6.07) is 7.76. The van der Waals surface area contributed by atoms with E-state index >= 15 is 0 Å². The molecule has 0 bridgehead atoms. The van der Waals surface area contributed by atoms with Gasteiger partial charge in [-0.05, 0) is 61.8 Å². The van der Waals surface area contributed by atoms with Crippen LogP contribution in [0, 0.1) is 6.92 Å². The number of pyridine rings is 2. The summed E-state index contributed by atoms with van der Waals surface area (Å²) in [5.74, 6) is 0.275. The van der Waals surface area contributed by atoms with Crippen molar-refractivity contribution in [2.24, 2.45) is 0 Å². The van der Waals surface area contributed by atoms with Crippen LogP contribution in [0.4, 0.5) is 11.5 Å². The fraction of sp³-hybridized carbons (Fsp3) is 0.190. The number of anilines is 2. The lowest BCUT2D eigenvalue weighted by Crippen LogP contribution is -2.13. The predicted octanol–water partition coefficient (Wildman–Crippen LogP) is 3.24. The Morgan fingerprint density at radius 3 is 2.81 bits per heavy atom. The van der Waals surface area contributed by atoms with E-state index in [0.29, 0.717) is 18.1 Å². The SMILES string of the molecule is Cc1ccncc1-c1cc(N)c2cnc(NC(=O)/C=C/CN(C)C)cc2c1. The summed E-state index contributed by atoms with van der Waals surface area (Å²) in [5.41, 5.74) is 10.0.